The molecule has 7 aromatic heterocycles. The second kappa shape index (κ2) is 26.1. The van der Waals surface area contributed by atoms with Crippen LogP contribution in [0.2, 0.25) is 0 Å². The van der Waals surface area contributed by atoms with Crippen LogP contribution in [0.1, 0.15) is 170 Å². The molecule has 0 amide bonds. The maximum absolute atomic E-state index is 4.30. The highest BCUT2D eigenvalue weighted by atomic mass is 15.5. The normalized spacial score (nSPS) is 11.2. The molecule has 0 bridgehead atoms. The van der Waals surface area contributed by atoms with Gasteiger partial charge in [0.25, 0.3) is 0 Å². The molecular weight excluding hydrogens is 787 g/mol. The van der Waals surface area contributed by atoms with Crippen LogP contribution in [0.5, 0.6) is 0 Å². The van der Waals surface area contributed by atoms with Gasteiger partial charge < -0.3 is 9.55 Å². The van der Waals surface area contributed by atoms with Crippen LogP contribution < -0.4 is 0 Å². The number of aromatic nitrogens is 15. The lowest BCUT2D eigenvalue weighted by atomic mass is 9.90. The lowest BCUT2D eigenvalue weighted by molar-refractivity contribution is 0.466. The van der Waals surface area contributed by atoms with E-state index in [0.29, 0.717) is 24.0 Å². The zero-order valence-corrected chi connectivity index (χ0v) is 42.7. The second-order valence-electron chi connectivity index (χ2n) is 19.6. The van der Waals surface area contributed by atoms with E-state index in [-0.39, 0.29) is 16.2 Å². The van der Waals surface area contributed by atoms with Crippen molar-refractivity contribution >= 4 is 0 Å². The zero-order chi connectivity index (χ0) is 48.1. The maximum Gasteiger partial charge on any atom is 0.119 e. The molecule has 15 heteroatoms. The Bertz CT molecular complexity index is 1900. The van der Waals surface area contributed by atoms with Gasteiger partial charge in [0.15, 0.2) is 0 Å². The minimum absolute atomic E-state index is 0.182. The van der Waals surface area contributed by atoms with Crippen LogP contribution in [0.3, 0.4) is 0 Å². The van der Waals surface area contributed by atoms with Crippen LogP contribution in [0.15, 0.2) is 92.7 Å². The molecule has 0 aliphatic carbocycles. The molecule has 0 saturated heterocycles. The van der Waals surface area contributed by atoms with Crippen molar-refractivity contribution in [3.63, 3.8) is 0 Å². The average molecular weight is 870 g/mol. The van der Waals surface area contributed by atoms with Crippen LogP contribution in [0.4, 0.5) is 0 Å². The number of hydrogen-bond acceptors (Lipinski definition) is 8. The van der Waals surface area contributed by atoms with Gasteiger partial charge in [-0.05, 0) is 95.2 Å². The molecule has 0 atom stereocenters. The number of aromatic amines is 1. The quantitative estimate of drug-likeness (QED) is 0.184. The number of nitrogens with zero attached hydrogens (tertiary/aromatic N) is 14. The molecule has 0 saturated carbocycles. The van der Waals surface area contributed by atoms with Gasteiger partial charge in [0.1, 0.15) is 12.7 Å². The molecule has 0 aromatic carbocycles. The Hall–Kier alpha value is -5.60. The molecular formula is C48H83N15. The SMILES string of the molecule is CC(C)c1ccc[nH]1.CC(C)n1cccn1.CC(C)n1cnnc1.CC(C)n1nccn1.Cc1cnn(C)c1C(C)(C)C.Cn1cc(C(C)(C)C)cn1.Cn1ccc(C(C)(C)C)n1. The molecule has 0 aliphatic heterocycles. The van der Waals surface area contributed by atoms with Crippen molar-refractivity contribution in [2.75, 3.05) is 0 Å². The third-order valence-electron chi connectivity index (χ3n) is 9.11. The monoisotopic (exact) mass is 870 g/mol. The Kier molecular flexibility index (Phi) is 23.0. The van der Waals surface area contributed by atoms with Crippen molar-refractivity contribution in [1.82, 2.24) is 73.9 Å². The van der Waals surface area contributed by atoms with Crippen LogP contribution in [-0.4, -0.2) is 73.9 Å². The van der Waals surface area contributed by atoms with Crippen molar-refractivity contribution in [2.24, 2.45) is 21.1 Å². The van der Waals surface area contributed by atoms with E-state index < -0.39 is 0 Å². The molecule has 15 nitrogen and oxygen atoms in total. The van der Waals surface area contributed by atoms with Crippen LogP contribution in [-0.2, 0) is 37.4 Å². The Labute approximate surface area is 379 Å². The van der Waals surface area contributed by atoms with E-state index in [0.717, 1.165) is 5.69 Å². The summed E-state index contributed by atoms with van der Waals surface area (Å²) in [6.07, 6.45) is 20.4. The van der Waals surface area contributed by atoms with Crippen molar-refractivity contribution in [1.29, 1.82) is 0 Å². The highest BCUT2D eigenvalue weighted by Gasteiger charge is 2.20. The van der Waals surface area contributed by atoms with Gasteiger partial charge in [-0.2, -0.15) is 35.4 Å². The van der Waals surface area contributed by atoms with Gasteiger partial charge in [-0.3, -0.25) is 18.7 Å². The van der Waals surface area contributed by atoms with Crippen molar-refractivity contribution in [3.8, 4) is 0 Å². The summed E-state index contributed by atoms with van der Waals surface area (Å²) in [5.74, 6) is 0.630. The van der Waals surface area contributed by atoms with Crippen LogP contribution in [0, 0.1) is 6.92 Å². The summed E-state index contributed by atoms with van der Waals surface area (Å²) in [5.41, 5.74) is 6.96. The lowest BCUT2D eigenvalue weighted by Gasteiger charge is -2.19. The Morgan fingerprint density at radius 3 is 1.41 bits per heavy atom. The minimum Gasteiger partial charge on any atom is -0.365 e. The van der Waals surface area contributed by atoms with E-state index in [2.05, 4.69) is 175 Å². The number of rotatable bonds is 4. The molecule has 350 valence electrons. The van der Waals surface area contributed by atoms with Crippen LogP contribution >= 0.6 is 0 Å². The number of nitrogens with one attached hydrogen (secondary N) is 1. The van der Waals surface area contributed by atoms with Gasteiger partial charge in [0.2, 0.25) is 0 Å². The number of aryl methyl sites for hydroxylation is 4. The maximum atomic E-state index is 4.30. The third kappa shape index (κ3) is 21.9. The standard InChI is InChI=1S/C9H16N2.2C8H14N2.C7H11N.C6H10N2.2C5H9N3/c1-7-6-10-11(5)8(7)9(2,3)4;1-8(2,3)7-5-9-10(4)6-7;1-8(2,3)7-5-6-10(4)9-7;1-6(2)7-4-3-5-8-7;1-6(2)8-5-3-4-7-8;1-5(2)8-3-6-7-4-8;1-5(2)8-6-3-4-7-8/h6H,1-5H3;2*5-6H,1-4H3;3-6,8H,1-2H3;3-6H,1-2H3;2*3-5H,1-2H3. The first-order chi connectivity index (χ1) is 29.1. The second-order valence-corrected chi connectivity index (χ2v) is 19.6. The topological polar surface area (TPSA) is 148 Å². The van der Waals surface area contributed by atoms with Crippen LogP contribution in [0.25, 0.3) is 0 Å². The van der Waals surface area contributed by atoms with Crippen molar-refractivity contribution in [2.45, 2.75) is 165 Å². The van der Waals surface area contributed by atoms with E-state index in [1.54, 1.807) is 36.0 Å². The van der Waals surface area contributed by atoms with Gasteiger partial charge in [0.05, 0.1) is 36.5 Å². The fourth-order valence-electron chi connectivity index (χ4n) is 5.51. The van der Waals surface area contributed by atoms with Gasteiger partial charge >= 0.3 is 0 Å². The highest BCUT2D eigenvalue weighted by Crippen LogP contribution is 2.24. The first-order valence-corrected chi connectivity index (χ1v) is 22.0. The fraction of sp³-hybridized carbons (Fsp3) is 0.583. The van der Waals surface area contributed by atoms with Gasteiger partial charge in [-0.1, -0.05) is 76.2 Å². The predicted molar refractivity (Wildman–Crippen MR) is 259 cm³/mol. The summed E-state index contributed by atoms with van der Waals surface area (Å²) in [4.78, 5) is 4.80. The largest absolute Gasteiger partial charge is 0.365 e. The van der Waals surface area contributed by atoms with E-state index in [9.17, 15) is 0 Å². The Morgan fingerprint density at radius 1 is 0.587 bits per heavy atom. The van der Waals surface area contributed by atoms with E-state index in [1.807, 2.05) is 101 Å². The smallest absolute Gasteiger partial charge is 0.119 e. The average Bonchev–Trinajstić information content (AvgIpc) is 4.02. The molecule has 7 heterocycles. The zero-order valence-electron chi connectivity index (χ0n) is 42.7. The summed E-state index contributed by atoms with van der Waals surface area (Å²) in [5, 5.41) is 31.8. The van der Waals surface area contributed by atoms with Gasteiger partial charge in [-0.15, -0.1) is 10.2 Å². The van der Waals surface area contributed by atoms with Crippen molar-refractivity contribution < 1.29 is 0 Å². The summed E-state index contributed by atoms with van der Waals surface area (Å²) >= 11 is 0. The molecule has 1 N–H and O–H groups in total. The molecule has 0 aliphatic rings. The van der Waals surface area contributed by atoms with Gasteiger partial charge in [0, 0.05) is 86.4 Å². The number of H-pyrrole nitrogens is 1. The summed E-state index contributed by atoms with van der Waals surface area (Å²) in [7, 11) is 5.87. The predicted octanol–water partition coefficient (Wildman–Crippen LogP) is 10.8. The first kappa shape index (κ1) is 55.4. The van der Waals surface area contributed by atoms with E-state index in [1.165, 1.54) is 22.5 Å². The molecule has 7 aromatic rings. The summed E-state index contributed by atoms with van der Waals surface area (Å²) in [6.45, 7) is 38.6. The third-order valence-corrected chi connectivity index (χ3v) is 9.11. The molecule has 0 fully saturated rings. The molecule has 0 spiro atoms. The molecule has 63 heavy (non-hydrogen) atoms. The molecule has 0 radical (unpaired) electrons. The fourth-order valence-corrected chi connectivity index (χ4v) is 5.51. The Morgan fingerprint density at radius 2 is 1.19 bits per heavy atom. The van der Waals surface area contributed by atoms with E-state index in [4.69, 9.17) is 0 Å². The minimum atomic E-state index is 0.182. The molecule has 0 unspecified atom stereocenters. The molecule has 7 rings (SSSR count). The first-order valence-electron chi connectivity index (χ1n) is 22.0. The van der Waals surface area contributed by atoms with Crippen molar-refractivity contribution in [3.05, 3.63) is 121 Å². The summed E-state index contributed by atoms with van der Waals surface area (Å²) < 4.78 is 9.48. The lowest BCUT2D eigenvalue weighted by Crippen LogP contribution is -2.17. The number of hydrogen-bond donors (Lipinski definition) is 1. The highest BCUT2D eigenvalue weighted by molar-refractivity contribution is 5.22. The van der Waals surface area contributed by atoms with Gasteiger partial charge in [-0.25, -0.2) is 0 Å². The summed E-state index contributed by atoms with van der Waals surface area (Å²) in [6, 6.07) is 9.46. The van der Waals surface area contributed by atoms with E-state index >= 15 is 0 Å². The Balaban J connectivity index is 0.000000369.